The van der Waals surface area contributed by atoms with Crippen molar-refractivity contribution in [3.63, 3.8) is 0 Å². The van der Waals surface area contributed by atoms with E-state index >= 15 is 0 Å². The number of nitrogens with zero attached hydrogens (tertiary/aromatic N) is 4. The third-order valence-corrected chi connectivity index (χ3v) is 8.01. The van der Waals surface area contributed by atoms with Gasteiger partial charge in [-0.25, -0.2) is 0 Å². The SMILES string of the molecule is O=C(c1cc(-c2ccnc(CO)c2)n[nH]1)N1[C@@H]2CC[C@H]1CC([N+](=O)NC1CCC(O)(C(F)(F)F)CC1)C2. The molecule has 5 rings (SSSR count). The summed E-state index contributed by atoms with van der Waals surface area (Å²) in [5, 5.41) is 26.2. The summed E-state index contributed by atoms with van der Waals surface area (Å²) >= 11 is 0. The van der Waals surface area contributed by atoms with E-state index in [4.69, 9.17) is 0 Å². The first-order chi connectivity index (χ1) is 17.6. The van der Waals surface area contributed by atoms with Crippen LogP contribution in [-0.4, -0.2) is 77.0 Å². The van der Waals surface area contributed by atoms with Crippen molar-refractivity contribution in [2.24, 2.45) is 0 Å². The van der Waals surface area contributed by atoms with Crippen LogP contribution in [0.2, 0.25) is 0 Å². The standard InChI is InChI=1S/C24H29F3N6O4/c25-24(26,27)23(36)6-3-15(4-7-23)31-33(37)19-10-17-1-2-18(11-19)32(17)22(35)21-12-20(29-30-21)14-5-8-28-16(9-14)13-34/h5,8-9,12,15,17-19,34,36H,1-4,6-7,10-11,13H2,(H-,28,29,30,31,35,37)/p+1/t15?,17-,18+,19?,23?. The van der Waals surface area contributed by atoms with Gasteiger partial charge in [0.15, 0.2) is 5.60 Å². The first kappa shape index (κ1) is 25.6. The average Bonchev–Trinajstić information content (AvgIpc) is 3.47. The number of nitrogens with one attached hydrogen (secondary N) is 2. The molecule has 0 spiro atoms. The Balaban J connectivity index is 1.19. The van der Waals surface area contributed by atoms with Gasteiger partial charge in [-0.05, 0) is 56.7 Å². The molecular weight excluding hydrogens is 493 g/mol. The van der Waals surface area contributed by atoms with E-state index in [0.29, 0.717) is 29.9 Å². The number of aliphatic hydroxyl groups excluding tert-OH is 1. The van der Waals surface area contributed by atoms with Crippen LogP contribution < -0.4 is 5.43 Å². The number of amides is 1. The minimum absolute atomic E-state index is 0.0539. The molecule has 2 aromatic rings. The number of piperidine rings is 1. The Morgan fingerprint density at radius 2 is 1.86 bits per heavy atom. The Labute approximate surface area is 210 Å². The Kier molecular flexibility index (Phi) is 6.69. The molecule has 0 radical (unpaired) electrons. The van der Waals surface area contributed by atoms with Gasteiger partial charge in [-0.1, -0.05) is 0 Å². The normalized spacial score (nSPS) is 29.8. The molecule has 1 unspecified atom stereocenters. The van der Waals surface area contributed by atoms with Crippen LogP contribution >= 0.6 is 0 Å². The van der Waals surface area contributed by atoms with Crippen LogP contribution in [0, 0.1) is 4.91 Å². The molecule has 1 aliphatic carbocycles. The van der Waals surface area contributed by atoms with Gasteiger partial charge in [0.1, 0.15) is 10.6 Å². The van der Waals surface area contributed by atoms with Crippen LogP contribution in [0.4, 0.5) is 13.2 Å². The number of H-pyrrole nitrogens is 1. The zero-order chi connectivity index (χ0) is 26.4. The summed E-state index contributed by atoms with van der Waals surface area (Å²) in [5.41, 5.74) is 2.24. The van der Waals surface area contributed by atoms with Crippen molar-refractivity contribution in [1.82, 2.24) is 25.5 Å². The third-order valence-electron chi connectivity index (χ3n) is 8.01. The molecule has 1 amide bonds. The first-order valence-corrected chi connectivity index (χ1v) is 12.5. The molecule has 3 fully saturated rings. The second kappa shape index (κ2) is 9.67. The number of rotatable bonds is 6. The van der Waals surface area contributed by atoms with Crippen LogP contribution in [0.3, 0.4) is 0 Å². The summed E-state index contributed by atoms with van der Waals surface area (Å²) < 4.78 is 39.1. The summed E-state index contributed by atoms with van der Waals surface area (Å²) in [4.78, 5) is 32.8. The number of aromatic nitrogens is 3. The number of carbonyl (C=O) groups excluding carboxylic acids is 1. The molecule has 1 saturated carbocycles. The lowest BCUT2D eigenvalue weighted by molar-refractivity contribution is -0.650. The molecule has 2 saturated heterocycles. The van der Waals surface area contributed by atoms with Crippen molar-refractivity contribution in [1.29, 1.82) is 0 Å². The molecule has 0 aromatic carbocycles. The predicted molar refractivity (Wildman–Crippen MR) is 124 cm³/mol. The fraction of sp³-hybridized carbons (Fsp3) is 0.625. The van der Waals surface area contributed by atoms with Gasteiger partial charge < -0.3 is 15.1 Å². The number of fused-ring (bicyclic) bond motifs is 2. The van der Waals surface area contributed by atoms with Crippen molar-refractivity contribution in [2.75, 3.05) is 0 Å². The van der Waals surface area contributed by atoms with Crippen LogP contribution in [0.15, 0.2) is 24.4 Å². The second-order valence-corrected chi connectivity index (χ2v) is 10.3. The highest BCUT2D eigenvalue weighted by Crippen LogP contribution is 2.42. The maximum atomic E-state index is 13.3. The second-order valence-electron chi connectivity index (χ2n) is 10.3. The van der Waals surface area contributed by atoms with Crippen molar-refractivity contribution < 1.29 is 33.0 Å². The largest absolute Gasteiger partial charge is 0.417 e. The highest BCUT2D eigenvalue weighted by Gasteiger charge is 2.55. The zero-order valence-corrected chi connectivity index (χ0v) is 20.1. The number of nitroso groups, excluding NO2 is 1. The number of carbonyl (C=O) groups is 1. The van der Waals surface area contributed by atoms with Crippen LogP contribution in [0.5, 0.6) is 0 Å². The maximum absolute atomic E-state index is 13.3. The minimum atomic E-state index is -4.68. The molecule has 2 aromatic heterocycles. The van der Waals surface area contributed by atoms with E-state index in [1.165, 1.54) is 0 Å². The number of hydrazine groups is 1. The molecule has 2 aliphatic heterocycles. The lowest BCUT2D eigenvalue weighted by Gasteiger charge is -2.37. The van der Waals surface area contributed by atoms with Gasteiger partial charge in [-0.3, -0.25) is 14.9 Å². The molecule has 4 N–H and O–H groups in total. The summed E-state index contributed by atoms with van der Waals surface area (Å²) in [6.45, 7) is -0.204. The number of aromatic amines is 1. The summed E-state index contributed by atoms with van der Waals surface area (Å²) in [5.74, 6) is -0.190. The van der Waals surface area contributed by atoms with Crippen LogP contribution in [0.1, 0.15) is 67.5 Å². The Morgan fingerprint density at radius 1 is 1.19 bits per heavy atom. The van der Waals surface area contributed by atoms with Gasteiger partial charge in [0.2, 0.25) is 6.04 Å². The van der Waals surface area contributed by atoms with Crippen molar-refractivity contribution in [2.45, 2.75) is 93.9 Å². The molecule has 13 heteroatoms. The van der Waals surface area contributed by atoms with Gasteiger partial charge in [0.25, 0.3) is 5.91 Å². The van der Waals surface area contributed by atoms with E-state index in [2.05, 4.69) is 20.6 Å². The molecule has 10 nitrogen and oxygen atoms in total. The molecule has 200 valence electrons. The average molecular weight is 524 g/mol. The van der Waals surface area contributed by atoms with E-state index in [0.717, 1.165) is 23.3 Å². The molecular formula is C24H30F3N6O4+. The Hall–Kier alpha value is -3.06. The third kappa shape index (κ3) is 4.93. The van der Waals surface area contributed by atoms with Gasteiger partial charge in [0.05, 0.1) is 28.9 Å². The topological polar surface area (TPSA) is 134 Å². The Morgan fingerprint density at radius 3 is 2.49 bits per heavy atom. The van der Waals surface area contributed by atoms with E-state index in [-0.39, 0.29) is 37.4 Å². The molecule has 2 bridgehead atoms. The van der Waals surface area contributed by atoms with Gasteiger partial charge in [-0.15, -0.1) is 5.43 Å². The highest BCUT2D eigenvalue weighted by atomic mass is 19.4. The van der Waals surface area contributed by atoms with Crippen LogP contribution in [0.25, 0.3) is 11.3 Å². The number of alkyl halides is 3. The lowest BCUT2D eigenvalue weighted by atomic mass is 9.82. The maximum Gasteiger partial charge on any atom is 0.417 e. The highest BCUT2D eigenvalue weighted by molar-refractivity contribution is 5.94. The Bertz CT molecular complexity index is 1150. The first-order valence-electron chi connectivity index (χ1n) is 12.5. The number of hydrogen-bond donors (Lipinski definition) is 4. The molecule has 3 aliphatic rings. The fourth-order valence-electron chi connectivity index (χ4n) is 5.91. The quantitative estimate of drug-likeness (QED) is 0.338. The van der Waals surface area contributed by atoms with E-state index in [1.54, 1.807) is 24.4 Å². The smallest absolute Gasteiger partial charge is 0.390 e. The number of aliphatic hydroxyl groups is 2. The minimum Gasteiger partial charge on any atom is -0.390 e. The summed E-state index contributed by atoms with van der Waals surface area (Å²) in [6.07, 6.45) is -1.41. The van der Waals surface area contributed by atoms with E-state index in [9.17, 15) is 33.1 Å². The fourth-order valence-corrected chi connectivity index (χ4v) is 5.91. The van der Waals surface area contributed by atoms with Gasteiger partial charge >= 0.3 is 6.18 Å². The molecule has 4 heterocycles. The monoisotopic (exact) mass is 523 g/mol. The summed E-state index contributed by atoms with van der Waals surface area (Å²) in [7, 11) is 0. The van der Waals surface area contributed by atoms with Gasteiger partial charge in [0, 0.05) is 36.7 Å². The van der Waals surface area contributed by atoms with E-state index in [1.807, 2.05) is 4.90 Å². The number of pyridine rings is 1. The van der Waals surface area contributed by atoms with Gasteiger partial charge in [-0.2, -0.15) is 18.3 Å². The number of halogens is 3. The van der Waals surface area contributed by atoms with Crippen molar-refractivity contribution in [3.05, 3.63) is 40.7 Å². The number of hydrogen-bond acceptors (Lipinski definition) is 6. The molecule has 37 heavy (non-hydrogen) atoms. The predicted octanol–water partition coefficient (Wildman–Crippen LogP) is 2.62. The van der Waals surface area contributed by atoms with Crippen molar-refractivity contribution >= 4 is 5.91 Å². The lowest BCUT2D eigenvalue weighted by Crippen LogP contribution is -2.55. The molecule has 3 atom stereocenters. The zero-order valence-electron chi connectivity index (χ0n) is 20.1. The van der Waals surface area contributed by atoms with Crippen LogP contribution in [-0.2, 0) is 6.61 Å². The van der Waals surface area contributed by atoms with Crippen molar-refractivity contribution in [3.8, 4) is 11.3 Å². The summed E-state index contributed by atoms with van der Waals surface area (Å²) in [6, 6.07) is 4.04. The van der Waals surface area contributed by atoms with E-state index < -0.39 is 36.7 Å².